The van der Waals surface area contributed by atoms with Crippen molar-refractivity contribution in [2.75, 3.05) is 5.73 Å². The van der Waals surface area contributed by atoms with E-state index in [-0.39, 0.29) is 18.0 Å². The van der Waals surface area contributed by atoms with Gasteiger partial charge in [-0.05, 0) is 37.5 Å². The molecule has 2 atom stereocenters. The number of benzene rings is 1. The number of carbonyl (C=O) groups is 1. The lowest BCUT2D eigenvalue weighted by atomic mass is 10.0. The molecule has 0 aromatic heterocycles. The van der Waals surface area contributed by atoms with Crippen molar-refractivity contribution in [3.63, 3.8) is 0 Å². The molecule has 0 saturated carbocycles. The predicted octanol–water partition coefficient (Wildman–Crippen LogP) is 2.96. The minimum absolute atomic E-state index is 0.0639. The summed E-state index contributed by atoms with van der Waals surface area (Å²) in [6.45, 7) is 7.81. The molecule has 0 radical (unpaired) electrons. The molecule has 1 rings (SSSR count). The molecule has 1 aromatic rings. The highest BCUT2D eigenvalue weighted by Crippen LogP contribution is 2.20. The Labute approximate surface area is 103 Å². The Morgan fingerprint density at radius 1 is 1.24 bits per heavy atom. The van der Waals surface area contributed by atoms with Crippen molar-refractivity contribution in [1.29, 1.82) is 0 Å². The van der Waals surface area contributed by atoms with Crippen LogP contribution in [0.15, 0.2) is 24.3 Å². The first-order chi connectivity index (χ1) is 7.91. The number of hydrogen-bond acceptors (Lipinski definition) is 3. The molecule has 0 spiro atoms. The third-order valence-electron chi connectivity index (χ3n) is 3.01. The highest BCUT2D eigenvalue weighted by Gasteiger charge is 2.20. The zero-order valence-corrected chi connectivity index (χ0v) is 10.9. The first-order valence-electron chi connectivity index (χ1n) is 5.97. The standard InChI is InChI=1S/C14H21NO2/c1-9(2)11(4)17-14(16)10(3)12-6-5-7-13(15)8-12/h5-11H,15H2,1-4H3. The molecule has 0 aliphatic rings. The fourth-order valence-electron chi connectivity index (χ4n) is 1.39. The van der Waals surface area contributed by atoms with Gasteiger partial charge in [-0.1, -0.05) is 26.0 Å². The molecule has 2 unspecified atom stereocenters. The highest BCUT2D eigenvalue weighted by atomic mass is 16.5. The number of ether oxygens (including phenoxy) is 1. The van der Waals surface area contributed by atoms with E-state index in [9.17, 15) is 4.79 Å². The molecule has 0 fully saturated rings. The van der Waals surface area contributed by atoms with Gasteiger partial charge in [0.25, 0.3) is 0 Å². The van der Waals surface area contributed by atoms with E-state index in [1.165, 1.54) is 0 Å². The molecule has 17 heavy (non-hydrogen) atoms. The second-order valence-electron chi connectivity index (χ2n) is 4.78. The molecule has 94 valence electrons. The smallest absolute Gasteiger partial charge is 0.313 e. The number of esters is 1. The maximum absolute atomic E-state index is 11.9. The van der Waals surface area contributed by atoms with Gasteiger partial charge >= 0.3 is 5.97 Å². The van der Waals surface area contributed by atoms with Crippen molar-refractivity contribution in [2.24, 2.45) is 5.92 Å². The van der Waals surface area contributed by atoms with Crippen LogP contribution in [-0.2, 0) is 9.53 Å². The molecule has 0 amide bonds. The molecular weight excluding hydrogens is 214 g/mol. The lowest BCUT2D eigenvalue weighted by Crippen LogP contribution is -2.23. The fraction of sp³-hybridized carbons (Fsp3) is 0.500. The molecule has 0 aliphatic heterocycles. The van der Waals surface area contributed by atoms with Crippen molar-refractivity contribution in [3.8, 4) is 0 Å². The summed E-state index contributed by atoms with van der Waals surface area (Å²) < 4.78 is 5.39. The number of carbonyl (C=O) groups excluding carboxylic acids is 1. The van der Waals surface area contributed by atoms with Crippen molar-refractivity contribution in [1.82, 2.24) is 0 Å². The van der Waals surface area contributed by atoms with Gasteiger partial charge in [-0.15, -0.1) is 0 Å². The van der Waals surface area contributed by atoms with Crippen LogP contribution in [0.25, 0.3) is 0 Å². The van der Waals surface area contributed by atoms with Gasteiger partial charge in [0.05, 0.1) is 5.92 Å². The summed E-state index contributed by atoms with van der Waals surface area (Å²) in [5, 5.41) is 0. The largest absolute Gasteiger partial charge is 0.462 e. The van der Waals surface area contributed by atoms with E-state index in [1.807, 2.05) is 45.9 Å². The van der Waals surface area contributed by atoms with Gasteiger partial charge in [0, 0.05) is 5.69 Å². The van der Waals surface area contributed by atoms with Crippen LogP contribution in [0, 0.1) is 5.92 Å². The molecule has 0 bridgehead atoms. The Kier molecular flexibility index (Phi) is 4.55. The van der Waals surface area contributed by atoms with E-state index in [0.717, 1.165) is 5.56 Å². The molecule has 1 aromatic carbocycles. The minimum atomic E-state index is -0.278. The van der Waals surface area contributed by atoms with E-state index >= 15 is 0 Å². The van der Waals surface area contributed by atoms with Crippen LogP contribution in [0.2, 0.25) is 0 Å². The normalized spacial score (nSPS) is 14.4. The Hall–Kier alpha value is -1.51. The number of hydrogen-bond donors (Lipinski definition) is 1. The second kappa shape index (κ2) is 5.71. The van der Waals surface area contributed by atoms with Crippen molar-refractivity contribution < 1.29 is 9.53 Å². The predicted molar refractivity (Wildman–Crippen MR) is 69.7 cm³/mol. The summed E-state index contributed by atoms with van der Waals surface area (Å²) in [5.74, 6) is -0.150. The minimum Gasteiger partial charge on any atom is -0.462 e. The fourth-order valence-corrected chi connectivity index (χ4v) is 1.39. The van der Waals surface area contributed by atoms with Gasteiger partial charge in [-0.3, -0.25) is 4.79 Å². The second-order valence-corrected chi connectivity index (χ2v) is 4.78. The Balaban J connectivity index is 2.70. The van der Waals surface area contributed by atoms with E-state index in [1.54, 1.807) is 6.07 Å². The molecule has 2 N–H and O–H groups in total. The van der Waals surface area contributed by atoms with Crippen LogP contribution in [0.4, 0.5) is 5.69 Å². The average molecular weight is 235 g/mol. The van der Waals surface area contributed by atoms with Gasteiger partial charge in [0.15, 0.2) is 0 Å². The lowest BCUT2D eigenvalue weighted by molar-refractivity contribution is -0.151. The Bertz CT molecular complexity index is 388. The first-order valence-corrected chi connectivity index (χ1v) is 5.97. The summed E-state index contributed by atoms with van der Waals surface area (Å²) >= 11 is 0. The third kappa shape index (κ3) is 3.77. The first kappa shape index (κ1) is 13.6. The summed E-state index contributed by atoms with van der Waals surface area (Å²) in [6.07, 6.45) is -0.0639. The van der Waals surface area contributed by atoms with Crippen LogP contribution in [-0.4, -0.2) is 12.1 Å². The Morgan fingerprint density at radius 3 is 2.41 bits per heavy atom. The highest BCUT2D eigenvalue weighted by molar-refractivity contribution is 5.78. The lowest BCUT2D eigenvalue weighted by Gasteiger charge is -2.19. The van der Waals surface area contributed by atoms with Crippen LogP contribution in [0.5, 0.6) is 0 Å². The molecule has 0 saturated heterocycles. The van der Waals surface area contributed by atoms with Crippen LogP contribution < -0.4 is 5.73 Å². The number of rotatable bonds is 4. The topological polar surface area (TPSA) is 52.3 Å². The average Bonchev–Trinajstić information content (AvgIpc) is 2.27. The monoisotopic (exact) mass is 235 g/mol. The van der Waals surface area contributed by atoms with Crippen LogP contribution >= 0.6 is 0 Å². The van der Waals surface area contributed by atoms with E-state index < -0.39 is 0 Å². The quantitative estimate of drug-likeness (QED) is 0.644. The summed E-state index contributed by atoms with van der Waals surface area (Å²) in [4.78, 5) is 11.9. The SMILES string of the molecule is CC(C(=O)OC(C)C(C)C)c1cccc(N)c1. The molecule has 0 aliphatic carbocycles. The summed E-state index contributed by atoms with van der Waals surface area (Å²) in [7, 11) is 0. The van der Waals surface area contributed by atoms with Gasteiger partial charge < -0.3 is 10.5 Å². The van der Waals surface area contributed by atoms with E-state index in [2.05, 4.69) is 0 Å². The van der Waals surface area contributed by atoms with Crippen molar-refractivity contribution >= 4 is 11.7 Å². The molecule has 0 heterocycles. The zero-order valence-electron chi connectivity index (χ0n) is 10.9. The van der Waals surface area contributed by atoms with Crippen molar-refractivity contribution in [3.05, 3.63) is 29.8 Å². The van der Waals surface area contributed by atoms with Gasteiger partial charge in [-0.2, -0.15) is 0 Å². The van der Waals surface area contributed by atoms with E-state index in [4.69, 9.17) is 10.5 Å². The number of nitrogen functional groups attached to an aromatic ring is 1. The van der Waals surface area contributed by atoms with Crippen molar-refractivity contribution in [2.45, 2.75) is 39.7 Å². The third-order valence-corrected chi connectivity index (χ3v) is 3.01. The molecule has 3 nitrogen and oxygen atoms in total. The maximum atomic E-state index is 11.9. The number of nitrogens with two attached hydrogens (primary N) is 1. The van der Waals surface area contributed by atoms with Gasteiger partial charge in [-0.25, -0.2) is 0 Å². The van der Waals surface area contributed by atoms with Gasteiger partial charge in [0.2, 0.25) is 0 Å². The maximum Gasteiger partial charge on any atom is 0.313 e. The molecular formula is C14H21NO2. The zero-order chi connectivity index (χ0) is 13.0. The summed E-state index contributed by atoms with van der Waals surface area (Å²) in [6, 6.07) is 7.35. The van der Waals surface area contributed by atoms with Crippen LogP contribution in [0.1, 0.15) is 39.2 Å². The van der Waals surface area contributed by atoms with E-state index in [0.29, 0.717) is 11.6 Å². The molecule has 3 heteroatoms. The number of anilines is 1. The Morgan fingerprint density at radius 2 is 1.88 bits per heavy atom. The summed E-state index contributed by atoms with van der Waals surface area (Å²) in [5.41, 5.74) is 7.25. The van der Waals surface area contributed by atoms with Crippen LogP contribution in [0.3, 0.4) is 0 Å². The van der Waals surface area contributed by atoms with Gasteiger partial charge in [0.1, 0.15) is 6.10 Å².